The first-order chi connectivity index (χ1) is 10.1. The first kappa shape index (κ1) is 14.1. The molecule has 0 amide bonds. The van der Waals surface area contributed by atoms with E-state index in [-0.39, 0.29) is 0 Å². The molecule has 2 unspecified atom stereocenters. The lowest BCUT2D eigenvalue weighted by molar-refractivity contribution is -0.148. The number of aliphatic carboxylic acids is 1. The molecule has 0 spiro atoms. The van der Waals surface area contributed by atoms with Gasteiger partial charge in [0.2, 0.25) is 0 Å². The second kappa shape index (κ2) is 5.47. The first-order valence-corrected chi connectivity index (χ1v) is 7.71. The van der Waals surface area contributed by atoms with Crippen molar-refractivity contribution in [1.29, 1.82) is 0 Å². The lowest BCUT2D eigenvalue weighted by atomic mass is 9.80. The van der Waals surface area contributed by atoms with Crippen molar-refractivity contribution < 1.29 is 9.90 Å². The minimum Gasteiger partial charge on any atom is -0.481 e. The van der Waals surface area contributed by atoms with Crippen molar-refractivity contribution in [3.05, 3.63) is 42.1 Å². The van der Waals surface area contributed by atoms with Crippen LogP contribution in [0.1, 0.15) is 38.3 Å². The Morgan fingerprint density at radius 2 is 2.14 bits per heavy atom. The highest BCUT2D eigenvalue weighted by Crippen LogP contribution is 2.45. The van der Waals surface area contributed by atoms with Crippen LogP contribution in [-0.2, 0) is 11.2 Å². The van der Waals surface area contributed by atoms with E-state index in [9.17, 15) is 9.90 Å². The van der Waals surface area contributed by atoms with Crippen LogP contribution in [0, 0.1) is 11.3 Å². The maximum Gasteiger partial charge on any atom is 0.310 e. The summed E-state index contributed by atoms with van der Waals surface area (Å²) in [7, 11) is 0. The lowest BCUT2D eigenvalue weighted by Gasteiger charge is -2.24. The van der Waals surface area contributed by atoms with E-state index < -0.39 is 11.4 Å². The number of rotatable bonds is 4. The Balaban J connectivity index is 1.90. The molecule has 1 aliphatic carbocycles. The molecule has 1 fully saturated rings. The van der Waals surface area contributed by atoms with Crippen LogP contribution in [0.4, 0.5) is 0 Å². The van der Waals surface area contributed by atoms with Gasteiger partial charge in [-0.3, -0.25) is 9.78 Å². The number of hydrogen-bond acceptors (Lipinski definition) is 2. The molecule has 21 heavy (non-hydrogen) atoms. The molecular formula is C18H21NO2. The van der Waals surface area contributed by atoms with Gasteiger partial charge in [-0.25, -0.2) is 0 Å². The number of hydrogen-bond donors (Lipinski definition) is 1. The summed E-state index contributed by atoms with van der Waals surface area (Å²) < 4.78 is 0. The highest BCUT2D eigenvalue weighted by atomic mass is 16.4. The van der Waals surface area contributed by atoms with Gasteiger partial charge in [0.05, 0.1) is 10.9 Å². The number of carboxylic acids is 1. The maximum atomic E-state index is 11.8. The fourth-order valence-corrected chi connectivity index (χ4v) is 3.57. The second-order valence-corrected chi connectivity index (χ2v) is 6.27. The average molecular weight is 283 g/mol. The number of benzene rings is 1. The first-order valence-electron chi connectivity index (χ1n) is 7.71. The fourth-order valence-electron chi connectivity index (χ4n) is 3.57. The predicted octanol–water partition coefficient (Wildman–Crippen LogP) is 4.06. The molecule has 1 heterocycles. The molecule has 1 aromatic carbocycles. The van der Waals surface area contributed by atoms with Crippen LogP contribution >= 0.6 is 0 Å². The van der Waals surface area contributed by atoms with Crippen molar-refractivity contribution >= 4 is 16.9 Å². The highest BCUT2D eigenvalue weighted by Gasteiger charge is 2.45. The van der Waals surface area contributed by atoms with Crippen molar-refractivity contribution in [3.8, 4) is 0 Å². The van der Waals surface area contributed by atoms with Gasteiger partial charge < -0.3 is 5.11 Å². The average Bonchev–Trinajstić information content (AvgIpc) is 2.92. The number of fused-ring (bicyclic) bond motifs is 1. The predicted molar refractivity (Wildman–Crippen MR) is 83.1 cm³/mol. The third-order valence-electron chi connectivity index (χ3n) is 4.92. The summed E-state index contributed by atoms with van der Waals surface area (Å²) in [6.45, 7) is 2.15. The van der Waals surface area contributed by atoms with E-state index in [1.807, 2.05) is 36.4 Å². The molecule has 2 atom stereocenters. The molecule has 3 heteroatoms. The summed E-state index contributed by atoms with van der Waals surface area (Å²) in [4.78, 5) is 16.5. The molecule has 3 nitrogen and oxygen atoms in total. The molecule has 1 N–H and O–H groups in total. The Hall–Kier alpha value is -1.90. The molecule has 1 saturated carbocycles. The molecule has 3 rings (SSSR count). The molecule has 2 aromatic rings. The van der Waals surface area contributed by atoms with Crippen molar-refractivity contribution in [1.82, 2.24) is 4.98 Å². The third kappa shape index (κ3) is 2.65. The second-order valence-electron chi connectivity index (χ2n) is 6.27. The van der Waals surface area contributed by atoms with Gasteiger partial charge in [0.1, 0.15) is 0 Å². The number of pyridine rings is 1. The van der Waals surface area contributed by atoms with Gasteiger partial charge in [0.15, 0.2) is 0 Å². The summed E-state index contributed by atoms with van der Waals surface area (Å²) in [6, 6.07) is 12.0. The van der Waals surface area contributed by atoms with E-state index in [1.165, 1.54) is 0 Å². The Morgan fingerprint density at radius 3 is 2.86 bits per heavy atom. The van der Waals surface area contributed by atoms with Gasteiger partial charge in [-0.2, -0.15) is 0 Å². The molecule has 0 saturated heterocycles. The topological polar surface area (TPSA) is 50.2 Å². The summed E-state index contributed by atoms with van der Waals surface area (Å²) >= 11 is 0. The smallest absolute Gasteiger partial charge is 0.310 e. The van der Waals surface area contributed by atoms with Crippen molar-refractivity contribution in [2.45, 2.75) is 39.0 Å². The lowest BCUT2D eigenvalue weighted by Crippen LogP contribution is -2.31. The number of aromatic nitrogens is 1. The normalized spacial score (nSPS) is 25.3. The van der Waals surface area contributed by atoms with E-state index in [1.54, 1.807) is 0 Å². The SMILES string of the molecule is CCC1CCC(Cc2ccc3ccccc3n2)(C(=O)O)C1. The quantitative estimate of drug-likeness (QED) is 0.920. The largest absolute Gasteiger partial charge is 0.481 e. The van der Waals surface area contributed by atoms with Crippen LogP contribution in [-0.4, -0.2) is 16.1 Å². The Bertz CT molecular complexity index is 667. The zero-order chi connectivity index (χ0) is 14.9. The van der Waals surface area contributed by atoms with Crippen LogP contribution in [0.5, 0.6) is 0 Å². The zero-order valence-corrected chi connectivity index (χ0v) is 12.4. The molecule has 0 bridgehead atoms. The fraction of sp³-hybridized carbons (Fsp3) is 0.444. The maximum absolute atomic E-state index is 11.8. The van der Waals surface area contributed by atoms with Gasteiger partial charge in [-0.05, 0) is 37.3 Å². The summed E-state index contributed by atoms with van der Waals surface area (Å²) in [5.41, 5.74) is 1.23. The van der Waals surface area contributed by atoms with E-state index in [0.717, 1.165) is 42.3 Å². The number of para-hydroxylation sites is 1. The molecular weight excluding hydrogens is 262 g/mol. The van der Waals surface area contributed by atoms with Gasteiger partial charge in [0, 0.05) is 17.5 Å². The van der Waals surface area contributed by atoms with Gasteiger partial charge in [-0.1, -0.05) is 37.6 Å². The van der Waals surface area contributed by atoms with E-state index in [4.69, 9.17) is 0 Å². The van der Waals surface area contributed by atoms with Crippen LogP contribution in [0.15, 0.2) is 36.4 Å². The Labute approximate surface area is 125 Å². The third-order valence-corrected chi connectivity index (χ3v) is 4.92. The van der Waals surface area contributed by atoms with Crippen LogP contribution in [0.25, 0.3) is 10.9 Å². The summed E-state index contributed by atoms with van der Waals surface area (Å²) in [5, 5.41) is 10.8. The summed E-state index contributed by atoms with van der Waals surface area (Å²) in [6.07, 6.45) is 4.20. The molecule has 1 aliphatic rings. The van der Waals surface area contributed by atoms with E-state index in [2.05, 4.69) is 11.9 Å². The standard InChI is InChI=1S/C18H21NO2/c1-2-13-9-10-18(11-13,17(20)21)12-15-8-7-14-5-3-4-6-16(14)19-15/h3-8,13H,2,9-12H2,1H3,(H,20,21). The van der Waals surface area contributed by atoms with E-state index >= 15 is 0 Å². The Morgan fingerprint density at radius 1 is 1.33 bits per heavy atom. The van der Waals surface area contributed by atoms with Crippen LogP contribution in [0.2, 0.25) is 0 Å². The minimum absolute atomic E-state index is 0.543. The summed E-state index contributed by atoms with van der Waals surface area (Å²) in [5.74, 6) is -0.116. The van der Waals surface area contributed by atoms with Crippen LogP contribution < -0.4 is 0 Å². The van der Waals surface area contributed by atoms with Gasteiger partial charge >= 0.3 is 5.97 Å². The zero-order valence-electron chi connectivity index (χ0n) is 12.4. The molecule has 0 aliphatic heterocycles. The van der Waals surface area contributed by atoms with E-state index in [0.29, 0.717) is 12.3 Å². The van der Waals surface area contributed by atoms with Crippen molar-refractivity contribution in [2.75, 3.05) is 0 Å². The number of carboxylic acid groups (broad SMARTS) is 1. The van der Waals surface area contributed by atoms with Crippen molar-refractivity contribution in [3.63, 3.8) is 0 Å². The Kier molecular flexibility index (Phi) is 3.66. The molecule has 110 valence electrons. The monoisotopic (exact) mass is 283 g/mol. The number of carbonyl (C=O) groups is 1. The van der Waals surface area contributed by atoms with Gasteiger partial charge in [0.25, 0.3) is 0 Å². The number of nitrogens with zero attached hydrogens (tertiary/aromatic N) is 1. The van der Waals surface area contributed by atoms with Crippen LogP contribution in [0.3, 0.4) is 0 Å². The van der Waals surface area contributed by atoms with Gasteiger partial charge in [-0.15, -0.1) is 0 Å². The molecule has 0 radical (unpaired) electrons. The van der Waals surface area contributed by atoms with Crippen molar-refractivity contribution in [2.24, 2.45) is 11.3 Å². The minimum atomic E-state index is -0.659. The highest BCUT2D eigenvalue weighted by molar-refractivity contribution is 5.79. The molecule has 1 aromatic heterocycles.